The third kappa shape index (κ3) is 2.22. The van der Waals surface area contributed by atoms with Gasteiger partial charge in [-0.25, -0.2) is 0 Å². The molecule has 2 unspecified atom stereocenters. The molecule has 1 aromatic rings. The number of fused-ring (bicyclic) bond motifs is 1. The summed E-state index contributed by atoms with van der Waals surface area (Å²) in [6.45, 7) is 1.94. The van der Waals surface area contributed by atoms with E-state index < -0.39 is 16.9 Å². The van der Waals surface area contributed by atoms with Crippen LogP contribution in [0.15, 0.2) is 12.1 Å². The zero-order chi connectivity index (χ0) is 19.9. The van der Waals surface area contributed by atoms with Gasteiger partial charge in [0.15, 0.2) is 0 Å². The average molecular weight is 385 g/mol. The highest BCUT2D eigenvalue weighted by atomic mass is 16.3. The van der Waals surface area contributed by atoms with Crippen molar-refractivity contribution in [2.75, 3.05) is 20.1 Å². The smallest absolute Gasteiger partial charge is 0.252 e. The predicted molar refractivity (Wildman–Crippen MR) is 103 cm³/mol. The fraction of sp³-hybridized carbons (Fsp3) is 0.636. The number of quaternary nitrogens is 1. The van der Waals surface area contributed by atoms with Crippen LogP contribution in [0, 0.1) is 5.92 Å². The van der Waals surface area contributed by atoms with E-state index in [-0.39, 0.29) is 29.6 Å². The van der Waals surface area contributed by atoms with Crippen LogP contribution in [0.5, 0.6) is 5.75 Å². The van der Waals surface area contributed by atoms with E-state index >= 15 is 0 Å². The molecule has 2 bridgehead atoms. The lowest BCUT2D eigenvalue weighted by molar-refractivity contribution is -0.950. The number of carbonyl (C=O) groups is 2. The summed E-state index contributed by atoms with van der Waals surface area (Å²) in [5.41, 5.74) is 5.23. The summed E-state index contributed by atoms with van der Waals surface area (Å²) < 4.78 is 0.828. The number of ketones is 1. The first kappa shape index (κ1) is 18.1. The number of phenols is 1. The molecule has 3 aliphatic carbocycles. The number of likely N-dealkylation sites (N-methyl/N-ethyl adjacent to an activating group) is 1. The van der Waals surface area contributed by atoms with Crippen LogP contribution in [0.3, 0.4) is 0 Å². The molecule has 1 heterocycles. The van der Waals surface area contributed by atoms with Crippen molar-refractivity contribution in [1.29, 1.82) is 0 Å². The van der Waals surface area contributed by atoms with Crippen molar-refractivity contribution in [3.8, 4) is 5.75 Å². The fourth-order valence-corrected chi connectivity index (χ4v) is 6.73. The minimum absolute atomic E-state index is 0.00118. The number of aromatic hydroxyl groups is 1. The normalized spacial score (nSPS) is 39.2. The van der Waals surface area contributed by atoms with Gasteiger partial charge >= 0.3 is 0 Å². The van der Waals surface area contributed by atoms with Crippen LogP contribution >= 0.6 is 0 Å². The third-order valence-electron chi connectivity index (χ3n) is 8.26. The number of rotatable bonds is 3. The molecular weight excluding hydrogens is 356 g/mol. The van der Waals surface area contributed by atoms with Gasteiger partial charge in [-0.3, -0.25) is 9.59 Å². The number of nitrogens with zero attached hydrogens (tertiary/aromatic N) is 1. The molecule has 6 heteroatoms. The van der Waals surface area contributed by atoms with Gasteiger partial charge in [-0.2, -0.15) is 0 Å². The molecule has 0 aromatic heterocycles. The van der Waals surface area contributed by atoms with Crippen LogP contribution in [0.4, 0.5) is 0 Å². The zero-order valence-electron chi connectivity index (χ0n) is 16.4. The predicted octanol–water partition coefficient (Wildman–Crippen LogP) is 1.40. The van der Waals surface area contributed by atoms with Crippen LogP contribution < -0.4 is 5.73 Å². The van der Waals surface area contributed by atoms with Crippen molar-refractivity contribution >= 4 is 11.7 Å². The van der Waals surface area contributed by atoms with E-state index in [4.69, 9.17) is 5.73 Å². The molecular formula is C22H29N2O4+. The topological polar surface area (TPSA) is 101 Å². The molecule has 150 valence electrons. The lowest BCUT2D eigenvalue weighted by Crippen LogP contribution is -2.78. The maximum Gasteiger partial charge on any atom is 0.252 e. The molecule has 0 spiro atoms. The molecule has 4 aliphatic rings. The van der Waals surface area contributed by atoms with Crippen LogP contribution in [0.25, 0.3) is 0 Å². The van der Waals surface area contributed by atoms with E-state index in [0.717, 1.165) is 29.1 Å². The van der Waals surface area contributed by atoms with Gasteiger partial charge < -0.3 is 20.4 Å². The van der Waals surface area contributed by atoms with Crippen molar-refractivity contribution in [3.63, 3.8) is 0 Å². The monoisotopic (exact) mass is 385 g/mol. The van der Waals surface area contributed by atoms with Gasteiger partial charge in [0.2, 0.25) is 0 Å². The highest BCUT2D eigenvalue weighted by Gasteiger charge is 2.70. The van der Waals surface area contributed by atoms with Gasteiger partial charge in [-0.15, -0.1) is 0 Å². The van der Waals surface area contributed by atoms with E-state index in [1.165, 1.54) is 12.8 Å². The highest BCUT2D eigenvalue weighted by molar-refractivity contribution is 5.96. The molecule has 2 saturated carbocycles. The number of hydrogen-bond acceptors (Lipinski definition) is 4. The number of benzene rings is 1. The Labute approximate surface area is 164 Å². The minimum Gasteiger partial charge on any atom is -0.507 e. The molecule has 1 aliphatic heterocycles. The second-order valence-corrected chi connectivity index (χ2v) is 9.88. The minimum atomic E-state index is -1.05. The number of Topliss-reactive ketones (excluding diaryl/α,β-unsaturated/α-hetero) is 1. The number of primary amides is 1. The molecule has 28 heavy (non-hydrogen) atoms. The molecule has 3 fully saturated rings. The maximum atomic E-state index is 12.6. The lowest BCUT2D eigenvalue weighted by atomic mass is 9.48. The Morgan fingerprint density at radius 3 is 2.75 bits per heavy atom. The number of amides is 1. The Morgan fingerprint density at radius 1 is 1.32 bits per heavy atom. The van der Waals surface area contributed by atoms with E-state index in [2.05, 4.69) is 7.05 Å². The van der Waals surface area contributed by atoms with Crippen LogP contribution in [-0.2, 0) is 16.6 Å². The summed E-state index contributed by atoms with van der Waals surface area (Å²) in [6.07, 6.45) is 4.85. The SMILES string of the molecule is C[N@@+]1(CC2CC2)CCC23CC(=O)CC[C@@]2(O)C1Cc1ccc(C(N)=O)c(O)c13. The first-order valence-corrected chi connectivity index (χ1v) is 10.4. The Kier molecular flexibility index (Phi) is 3.61. The molecule has 0 radical (unpaired) electrons. The van der Waals surface area contributed by atoms with Gasteiger partial charge in [-0.1, -0.05) is 6.07 Å². The Hall–Kier alpha value is -1.92. The maximum absolute atomic E-state index is 12.6. The third-order valence-corrected chi connectivity index (χ3v) is 8.26. The Balaban J connectivity index is 1.73. The average Bonchev–Trinajstić information content (AvgIpc) is 3.43. The van der Waals surface area contributed by atoms with Crippen LogP contribution in [0.1, 0.15) is 60.0 Å². The summed E-state index contributed by atoms with van der Waals surface area (Å²) in [5, 5.41) is 23.2. The van der Waals surface area contributed by atoms with E-state index in [9.17, 15) is 19.8 Å². The van der Waals surface area contributed by atoms with Gasteiger partial charge in [0.25, 0.3) is 5.91 Å². The van der Waals surface area contributed by atoms with E-state index in [1.54, 1.807) is 6.07 Å². The van der Waals surface area contributed by atoms with Gasteiger partial charge in [0.1, 0.15) is 23.2 Å². The standard InChI is InChI=1S/C22H28N2O4/c1-24(12-13-2-3-13)9-8-21-11-15(25)6-7-22(21,28)17(24)10-14-4-5-16(20(23)27)19(26)18(14)21/h4-5,13,17,28H,2-3,6-12H2,1H3,(H2-,23,26,27)/p+1/t17?,21?,22-,24+/m1/s1. The fourth-order valence-electron chi connectivity index (χ4n) is 6.73. The van der Waals surface area contributed by atoms with E-state index in [0.29, 0.717) is 31.2 Å². The summed E-state index contributed by atoms with van der Waals surface area (Å²) in [5.74, 6) is 0.0429. The molecule has 1 saturated heterocycles. The first-order valence-electron chi connectivity index (χ1n) is 10.4. The molecule has 6 nitrogen and oxygen atoms in total. The second kappa shape index (κ2) is 5.57. The molecule has 1 aromatic carbocycles. The molecule has 4 N–H and O–H groups in total. The first-order chi connectivity index (χ1) is 13.2. The lowest BCUT2D eigenvalue weighted by Gasteiger charge is -2.65. The number of aliphatic hydroxyl groups is 1. The molecule has 5 rings (SSSR count). The number of likely N-dealkylation sites (tertiary alicyclic amines) is 1. The highest BCUT2D eigenvalue weighted by Crippen LogP contribution is 2.61. The van der Waals surface area contributed by atoms with Gasteiger partial charge in [0, 0.05) is 42.6 Å². The van der Waals surface area contributed by atoms with Crippen molar-refractivity contribution in [3.05, 3.63) is 28.8 Å². The summed E-state index contributed by atoms with van der Waals surface area (Å²) >= 11 is 0. The zero-order valence-corrected chi connectivity index (χ0v) is 16.4. The van der Waals surface area contributed by atoms with Crippen molar-refractivity contribution in [1.82, 2.24) is 0 Å². The summed E-state index contributed by atoms with van der Waals surface area (Å²) in [6, 6.07) is 3.46. The number of hydrogen-bond donors (Lipinski definition) is 3. The quantitative estimate of drug-likeness (QED) is 0.685. The van der Waals surface area contributed by atoms with E-state index in [1.807, 2.05) is 6.07 Å². The Morgan fingerprint density at radius 2 is 2.07 bits per heavy atom. The van der Waals surface area contributed by atoms with Crippen LogP contribution in [0.2, 0.25) is 0 Å². The Bertz CT molecular complexity index is 895. The van der Waals surface area contributed by atoms with Crippen molar-refractivity contribution in [2.24, 2.45) is 11.7 Å². The number of piperidine rings is 1. The largest absolute Gasteiger partial charge is 0.507 e. The summed E-state index contributed by atoms with van der Waals surface area (Å²) in [4.78, 5) is 24.4. The molecule has 4 atom stereocenters. The van der Waals surface area contributed by atoms with Gasteiger partial charge in [-0.05, 0) is 30.9 Å². The summed E-state index contributed by atoms with van der Waals surface area (Å²) in [7, 11) is 2.25. The number of carbonyl (C=O) groups excluding carboxylic acids is 2. The molecule has 1 amide bonds. The number of nitrogens with two attached hydrogens (primary N) is 1. The van der Waals surface area contributed by atoms with Crippen LogP contribution in [-0.4, -0.2) is 58.2 Å². The van der Waals surface area contributed by atoms with Crippen molar-refractivity contribution in [2.45, 2.75) is 62.0 Å². The van der Waals surface area contributed by atoms with Crippen molar-refractivity contribution < 1.29 is 24.3 Å². The van der Waals surface area contributed by atoms with Gasteiger partial charge in [0.05, 0.1) is 25.7 Å². The second-order valence-electron chi connectivity index (χ2n) is 9.88.